The smallest absolute Gasteiger partial charge is 0.313 e. The third kappa shape index (κ3) is 6.15. The molecule has 2 rings (SSSR count). The van der Waals surface area contributed by atoms with E-state index in [1.165, 1.54) is 0 Å². The van der Waals surface area contributed by atoms with Crippen LogP contribution in [0.3, 0.4) is 0 Å². The Morgan fingerprint density at radius 3 is 2.56 bits per heavy atom. The van der Waals surface area contributed by atoms with Crippen LogP contribution in [0.2, 0.25) is 0 Å². The van der Waals surface area contributed by atoms with Gasteiger partial charge >= 0.3 is 5.97 Å². The molecule has 7 nitrogen and oxygen atoms in total. The van der Waals surface area contributed by atoms with Crippen LogP contribution in [-0.2, 0) is 20.7 Å². The normalized spacial score (nSPS) is 10.5. The van der Waals surface area contributed by atoms with E-state index in [2.05, 4.69) is 15.2 Å². The Kier molecular flexibility index (Phi) is 6.88. The molecule has 0 saturated carbocycles. The number of nitrogens with zero attached hydrogens (tertiary/aromatic N) is 2. The molecule has 8 heteroatoms. The topological polar surface area (TPSA) is 102 Å². The molecule has 0 fully saturated rings. The van der Waals surface area contributed by atoms with Crippen molar-refractivity contribution >= 4 is 23.5 Å². The van der Waals surface area contributed by atoms with Gasteiger partial charge in [-0.1, -0.05) is 41.6 Å². The third-order valence-corrected chi connectivity index (χ3v) is 4.18. The molecular weight excluding hydrogens is 342 g/mol. The summed E-state index contributed by atoms with van der Waals surface area (Å²) in [5.41, 5.74) is 2.08. The van der Waals surface area contributed by atoms with Gasteiger partial charge in [0.1, 0.15) is 12.1 Å². The molecule has 0 atom stereocenters. The molecule has 1 aromatic heterocycles. The summed E-state index contributed by atoms with van der Waals surface area (Å²) in [7, 11) is 0. The monoisotopic (exact) mass is 361 g/mol. The first-order valence-electron chi connectivity index (χ1n) is 7.79. The van der Waals surface area contributed by atoms with Gasteiger partial charge in [0.25, 0.3) is 5.56 Å². The van der Waals surface area contributed by atoms with Crippen molar-refractivity contribution in [3.05, 3.63) is 51.4 Å². The highest BCUT2D eigenvalue weighted by atomic mass is 32.2. The summed E-state index contributed by atoms with van der Waals surface area (Å²) in [6, 6.07) is 7.81. The molecule has 0 bridgehead atoms. The molecule has 0 unspecified atom stereocenters. The molecule has 0 aliphatic rings. The average Bonchev–Trinajstić information content (AvgIpc) is 2.57. The number of benzene rings is 1. The van der Waals surface area contributed by atoms with Crippen molar-refractivity contribution in [1.29, 1.82) is 0 Å². The average molecular weight is 361 g/mol. The minimum atomic E-state index is -0.555. The largest absolute Gasteiger partial charge is 0.466 e. The third-order valence-electron chi connectivity index (χ3n) is 3.25. The fourth-order valence-corrected chi connectivity index (χ4v) is 2.66. The van der Waals surface area contributed by atoms with Crippen LogP contribution in [0.4, 0.5) is 0 Å². The number of H-pyrrole nitrogens is 1. The number of hydrogen-bond acceptors (Lipinski definition) is 7. The molecule has 0 aliphatic heterocycles. The van der Waals surface area contributed by atoms with Gasteiger partial charge in [-0.05, 0) is 19.4 Å². The van der Waals surface area contributed by atoms with Crippen molar-refractivity contribution in [2.45, 2.75) is 31.8 Å². The van der Waals surface area contributed by atoms with Crippen molar-refractivity contribution in [2.75, 3.05) is 12.4 Å². The SMILES string of the molecule is CCOC(=O)CC(=O)CSc1nnc(Cc2ccc(C)cc2)c(=O)[nH]1. The maximum atomic E-state index is 12.1. The van der Waals surface area contributed by atoms with Gasteiger partial charge in [-0.15, -0.1) is 10.2 Å². The lowest BCUT2D eigenvalue weighted by Gasteiger charge is -2.03. The second kappa shape index (κ2) is 9.12. The van der Waals surface area contributed by atoms with Gasteiger partial charge in [0.2, 0.25) is 0 Å². The van der Waals surface area contributed by atoms with E-state index in [9.17, 15) is 14.4 Å². The van der Waals surface area contributed by atoms with Gasteiger partial charge in [-0.3, -0.25) is 19.4 Å². The van der Waals surface area contributed by atoms with E-state index in [4.69, 9.17) is 4.74 Å². The van der Waals surface area contributed by atoms with Crippen LogP contribution in [0.1, 0.15) is 30.2 Å². The first kappa shape index (κ1) is 18.9. The second-order valence-corrected chi connectivity index (χ2v) is 6.34. The summed E-state index contributed by atoms with van der Waals surface area (Å²) < 4.78 is 4.71. The number of ether oxygens (including phenoxy) is 1. The number of esters is 1. The maximum absolute atomic E-state index is 12.1. The standard InChI is InChI=1S/C17H19N3O4S/c1-3-24-15(22)9-13(21)10-25-17-18-16(23)14(19-20-17)8-12-6-4-11(2)5-7-12/h4-7H,3,8-10H2,1-2H3,(H,18,20,23). The number of hydrogen-bond donors (Lipinski definition) is 1. The quantitative estimate of drug-likeness (QED) is 0.433. The predicted molar refractivity (Wildman–Crippen MR) is 93.6 cm³/mol. The Morgan fingerprint density at radius 1 is 1.20 bits per heavy atom. The number of Topliss-reactive ketones (excluding diaryl/α,β-unsaturated/α-hetero) is 1. The fourth-order valence-electron chi connectivity index (χ4n) is 2.00. The molecule has 0 aliphatic carbocycles. The molecule has 2 aromatic rings. The zero-order valence-corrected chi connectivity index (χ0v) is 14.9. The van der Waals surface area contributed by atoms with Crippen LogP contribution in [0, 0.1) is 6.92 Å². The number of aromatic amines is 1. The maximum Gasteiger partial charge on any atom is 0.313 e. The fraction of sp³-hybridized carbons (Fsp3) is 0.353. The van der Waals surface area contributed by atoms with E-state index in [1.807, 2.05) is 31.2 Å². The lowest BCUT2D eigenvalue weighted by Crippen LogP contribution is -2.18. The number of carbonyl (C=O) groups is 2. The highest BCUT2D eigenvalue weighted by Crippen LogP contribution is 2.12. The van der Waals surface area contributed by atoms with Gasteiger partial charge in [-0.2, -0.15) is 0 Å². The summed E-state index contributed by atoms with van der Waals surface area (Å²) in [6.45, 7) is 3.90. The van der Waals surface area contributed by atoms with Gasteiger partial charge in [0.15, 0.2) is 10.9 Å². The minimum absolute atomic E-state index is 0.0146. The molecule has 1 N–H and O–H groups in total. The zero-order chi connectivity index (χ0) is 18.2. The number of thioether (sulfide) groups is 1. The highest BCUT2D eigenvalue weighted by Gasteiger charge is 2.12. The number of ketones is 1. The molecule has 25 heavy (non-hydrogen) atoms. The number of aryl methyl sites for hydroxylation is 1. The predicted octanol–water partition coefficient (Wildman–Crippen LogP) is 1.68. The summed E-state index contributed by atoms with van der Waals surface area (Å²) in [6.07, 6.45) is 0.0966. The lowest BCUT2D eigenvalue weighted by atomic mass is 10.1. The van der Waals surface area contributed by atoms with Crippen LogP contribution < -0.4 is 5.56 Å². The van der Waals surface area contributed by atoms with Gasteiger partial charge < -0.3 is 4.74 Å². The molecule has 0 amide bonds. The van der Waals surface area contributed by atoms with Crippen molar-refractivity contribution in [1.82, 2.24) is 15.2 Å². The molecule has 0 radical (unpaired) electrons. The Bertz CT molecular complexity index is 802. The van der Waals surface area contributed by atoms with Crippen LogP contribution in [-0.4, -0.2) is 39.3 Å². The van der Waals surface area contributed by atoms with Gasteiger partial charge in [0.05, 0.1) is 12.4 Å². The van der Waals surface area contributed by atoms with Crippen molar-refractivity contribution in [3.8, 4) is 0 Å². The second-order valence-electron chi connectivity index (χ2n) is 5.38. The van der Waals surface area contributed by atoms with E-state index in [0.717, 1.165) is 22.9 Å². The van der Waals surface area contributed by atoms with Crippen LogP contribution >= 0.6 is 11.8 Å². The Balaban J connectivity index is 1.93. The first-order valence-corrected chi connectivity index (χ1v) is 8.78. The van der Waals surface area contributed by atoms with Gasteiger partial charge in [0, 0.05) is 6.42 Å². The van der Waals surface area contributed by atoms with Crippen LogP contribution in [0.5, 0.6) is 0 Å². The van der Waals surface area contributed by atoms with E-state index in [-0.39, 0.29) is 35.3 Å². The minimum Gasteiger partial charge on any atom is -0.466 e. The number of rotatable bonds is 8. The summed E-state index contributed by atoms with van der Waals surface area (Å²) >= 11 is 1.03. The van der Waals surface area contributed by atoms with E-state index in [1.54, 1.807) is 6.92 Å². The zero-order valence-electron chi connectivity index (χ0n) is 14.1. The van der Waals surface area contributed by atoms with Crippen molar-refractivity contribution in [2.24, 2.45) is 0 Å². The Labute approximate surface area is 149 Å². The summed E-state index contributed by atoms with van der Waals surface area (Å²) in [5, 5.41) is 8.12. The molecule has 1 heterocycles. The number of carbonyl (C=O) groups excluding carboxylic acids is 2. The van der Waals surface area contributed by atoms with E-state index >= 15 is 0 Å². The van der Waals surface area contributed by atoms with E-state index in [0.29, 0.717) is 12.1 Å². The van der Waals surface area contributed by atoms with Crippen LogP contribution in [0.15, 0.2) is 34.2 Å². The van der Waals surface area contributed by atoms with Crippen molar-refractivity contribution in [3.63, 3.8) is 0 Å². The molecule has 0 saturated heterocycles. The first-order chi connectivity index (χ1) is 12.0. The molecule has 0 spiro atoms. The van der Waals surface area contributed by atoms with Crippen molar-refractivity contribution < 1.29 is 14.3 Å². The van der Waals surface area contributed by atoms with Crippen LogP contribution in [0.25, 0.3) is 0 Å². The highest BCUT2D eigenvalue weighted by molar-refractivity contribution is 7.99. The number of aromatic nitrogens is 3. The molecular formula is C17H19N3O4S. The van der Waals surface area contributed by atoms with E-state index < -0.39 is 5.97 Å². The Hall–Kier alpha value is -2.48. The Morgan fingerprint density at radius 2 is 1.92 bits per heavy atom. The molecule has 1 aromatic carbocycles. The van der Waals surface area contributed by atoms with Gasteiger partial charge in [-0.25, -0.2) is 0 Å². The lowest BCUT2D eigenvalue weighted by molar-refractivity contribution is -0.145. The summed E-state index contributed by atoms with van der Waals surface area (Å²) in [4.78, 5) is 37.6. The number of nitrogens with one attached hydrogen (secondary N) is 1. The summed E-state index contributed by atoms with van der Waals surface area (Å²) in [5.74, 6) is -0.836. The molecule has 132 valence electrons.